The lowest BCUT2D eigenvalue weighted by Gasteiger charge is -2.49. The van der Waals surface area contributed by atoms with Crippen LogP contribution in [0.5, 0.6) is 0 Å². The van der Waals surface area contributed by atoms with Gasteiger partial charge in [0.05, 0.1) is 25.7 Å². The molecule has 2 fully saturated rings. The van der Waals surface area contributed by atoms with Gasteiger partial charge in [-0.1, -0.05) is 30.3 Å². The molecule has 4 atom stereocenters. The van der Waals surface area contributed by atoms with Gasteiger partial charge in [0.15, 0.2) is 17.4 Å². The van der Waals surface area contributed by atoms with Crippen LogP contribution >= 0.6 is 0 Å². The number of rotatable bonds is 2. The molecule has 0 amide bonds. The molecule has 6 heteroatoms. The Morgan fingerprint density at radius 3 is 2.41 bits per heavy atom. The lowest BCUT2D eigenvalue weighted by molar-refractivity contribution is -0.157. The Hall–Kier alpha value is -2.31. The van der Waals surface area contributed by atoms with Crippen molar-refractivity contribution in [2.24, 2.45) is 23.7 Å². The Morgan fingerprint density at radius 2 is 1.76 bits per heavy atom. The summed E-state index contributed by atoms with van der Waals surface area (Å²) in [6.07, 6.45) is 4.14. The minimum atomic E-state index is -0.876. The molecule has 4 aliphatic rings. The van der Waals surface area contributed by atoms with Crippen LogP contribution in [-0.2, 0) is 19.0 Å². The third-order valence-electron chi connectivity index (χ3n) is 6.80. The molecule has 1 saturated heterocycles. The van der Waals surface area contributed by atoms with Crippen LogP contribution in [-0.4, -0.2) is 43.1 Å². The molecule has 1 aromatic carbocycles. The highest BCUT2D eigenvalue weighted by molar-refractivity contribution is 6.17. The van der Waals surface area contributed by atoms with E-state index in [9.17, 15) is 14.4 Å². The first kappa shape index (κ1) is 18.7. The Bertz CT molecular complexity index is 910. The summed E-state index contributed by atoms with van der Waals surface area (Å²) >= 11 is 0. The molecule has 152 valence electrons. The molecule has 1 heterocycles. The van der Waals surface area contributed by atoms with Gasteiger partial charge >= 0.3 is 5.97 Å². The zero-order chi connectivity index (χ0) is 20.2. The van der Waals surface area contributed by atoms with Gasteiger partial charge in [0.25, 0.3) is 0 Å². The Labute approximate surface area is 169 Å². The largest absolute Gasteiger partial charge is 0.466 e. The van der Waals surface area contributed by atoms with E-state index in [-0.39, 0.29) is 24.1 Å². The summed E-state index contributed by atoms with van der Waals surface area (Å²) in [6, 6.07) is 6.92. The molecule has 1 aromatic rings. The molecule has 5 rings (SSSR count). The van der Waals surface area contributed by atoms with E-state index in [1.165, 1.54) is 0 Å². The van der Waals surface area contributed by atoms with E-state index in [1.54, 1.807) is 31.2 Å². The van der Waals surface area contributed by atoms with Crippen LogP contribution in [0.3, 0.4) is 0 Å². The predicted octanol–water partition coefficient (Wildman–Crippen LogP) is 2.96. The quantitative estimate of drug-likeness (QED) is 0.565. The SMILES string of the molecule is CCOC(=O)[C@@H]1C=C2[C@H](CCCC23OCCO3)[C@@H]2C(=O)c3ccccc3C(=O)[C@@H]21. The lowest BCUT2D eigenvalue weighted by atomic mass is 9.56. The van der Waals surface area contributed by atoms with Crippen molar-refractivity contribution < 1.29 is 28.6 Å². The maximum Gasteiger partial charge on any atom is 0.313 e. The second kappa shape index (κ2) is 6.89. The molecule has 29 heavy (non-hydrogen) atoms. The number of carbonyl (C=O) groups is 3. The molecule has 1 saturated carbocycles. The molecule has 0 N–H and O–H groups in total. The van der Waals surface area contributed by atoms with Crippen LogP contribution in [0.25, 0.3) is 0 Å². The van der Waals surface area contributed by atoms with E-state index in [0.717, 1.165) is 18.4 Å². The van der Waals surface area contributed by atoms with E-state index in [4.69, 9.17) is 14.2 Å². The van der Waals surface area contributed by atoms with Crippen LogP contribution in [0.15, 0.2) is 35.9 Å². The molecular formula is C23H24O6. The fourth-order valence-corrected chi connectivity index (χ4v) is 5.69. The van der Waals surface area contributed by atoms with Crippen LogP contribution in [0, 0.1) is 23.7 Å². The average molecular weight is 396 g/mol. The maximum absolute atomic E-state index is 13.6. The van der Waals surface area contributed by atoms with Crippen LogP contribution in [0.2, 0.25) is 0 Å². The number of ketones is 2. The van der Waals surface area contributed by atoms with Crippen LogP contribution < -0.4 is 0 Å². The first-order valence-corrected chi connectivity index (χ1v) is 10.4. The topological polar surface area (TPSA) is 78.9 Å². The van der Waals surface area contributed by atoms with Crippen molar-refractivity contribution in [3.8, 4) is 0 Å². The summed E-state index contributed by atoms with van der Waals surface area (Å²) in [6.45, 7) is 2.93. The average Bonchev–Trinajstić information content (AvgIpc) is 3.20. The van der Waals surface area contributed by atoms with Crippen LogP contribution in [0.1, 0.15) is 46.9 Å². The maximum atomic E-state index is 13.6. The molecule has 1 spiro atoms. The van der Waals surface area contributed by atoms with Gasteiger partial charge in [-0.3, -0.25) is 14.4 Å². The zero-order valence-corrected chi connectivity index (χ0v) is 16.4. The second-order valence-electron chi connectivity index (χ2n) is 8.17. The minimum Gasteiger partial charge on any atom is -0.466 e. The van der Waals surface area contributed by atoms with Crippen molar-refractivity contribution in [2.75, 3.05) is 19.8 Å². The summed E-state index contributed by atoms with van der Waals surface area (Å²) in [5, 5.41) is 0. The predicted molar refractivity (Wildman–Crippen MR) is 102 cm³/mol. The van der Waals surface area contributed by atoms with Gasteiger partial charge in [-0.15, -0.1) is 0 Å². The Kier molecular flexibility index (Phi) is 4.44. The Morgan fingerprint density at radius 1 is 1.10 bits per heavy atom. The highest BCUT2D eigenvalue weighted by Crippen LogP contribution is 2.54. The van der Waals surface area contributed by atoms with Crippen molar-refractivity contribution >= 4 is 17.5 Å². The molecule has 0 unspecified atom stereocenters. The summed E-state index contributed by atoms with van der Waals surface area (Å²) in [5.41, 5.74) is 1.71. The third kappa shape index (κ3) is 2.66. The number of hydrogen-bond donors (Lipinski definition) is 0. The van der Waals surface area contributed by atoms with E-state index >= 15 is 0 Å². The van der Waals surface area contributed by atoms with Crippen molar-refractivity contribution in [2.45, 2.75) is 32.0 Å². The first-order chi connectivity index (χ1) is 14.1. The van der Waals surface area contributed by atoms with Gasteiger partial charge in [-0.25, -0.2) is 0 Å². The van der Waals surface area contributed by atoms with E-state index in [1.807, 2.05) is 6.08 Å². The number of esters is 1. The number of carbonyl (C=O) groups excluding carboxylic acids is 3. The standard InChI is InChI=1S/C23H24O6/c1-2-27-22(26)16-12-17-15(8-5-9-23(17)28-10-11-29-23)18-19(16)21(25)14-7-4-3-6-13(14)20(18)24/h3-4,6-7,12,15-16,18-19H,2,5,8-11H2,1H3/t15-,16+,18-,19+/m0/s1. The highest BCUT2D eigenvalue weighted by Gasteiger charge is 2.58. The summed E-state index contributed by atoms with van der Waals surface area (Å²) in [4.78, 5) is 39.9. The van der Waals surface area contributed by atoms with Gasteiger partial charge in [-0.2, -0.15) is 0 Å². The molecule has 0 aromatic heterocycles. The van der Waals surface area contributed by atoms with Gasteiger partial charge in [0, 0.05) is 29.4 Å². The zero-order valence-electron chi connectivity index (χ0n) is 16.4. The summed E-state index contributed by atoms with van der Waals surface area (Å²) in [5.74, 6) is -3.84. The number of Topliss-reactive ketones (excluding diaryl/α,β-unsaturated/α-hetero) is 2. The third-order valence-corrected chi connectivity index (χ3v) is 6.80. The number of ether oxygens (including phenoxy) is 3. The first-order valence-electron chi connectivity index (χ1n) is 10.4. The number of fused-ring (bicyclic) bond motifs is 5. The van der Waals surface area contributed by atoms with Crippen molar-refractivity contribution in [1.29, 1.82) is 0 Å². The number of hydrogen-bond acceptors (Lipinski definition) is 6. The normalized spacial score (nSPS) is 32.2. The molecule has 0 radical (unpaired) electrons. The van der Waals surface area contributed by atoms with E-state index in [0.29, 0.717) is 30.8 Å². The fraction of sp³-hybridized carbons (Fsp3) is 0.522. The monoisotopic (exact) mass is 396 g/mol. The van der Waals surface area contributed by atoms with Gasteiger partial charge in [-0.05, 0) is 31.3 Å². The van der Waals surface area contributed by atoms with Crippen molar-refractivity contribution in [3.05, 3.63) is 47.0 Å². The summed E-state index contributed by atoms with van der Waals surface area (Å²) in [7, 11) is 0. The lowest BCUT2D eigenvalue weighted by Crippen LogP contribution is -2.54. The van der Waals surface area contributed by atoms with Crippen molar-refractivity contribution in [3.63, 3.8) is 0 Å². The molecule has 0 bridgehead atoms. The van der Waals surface area contributed by atoms with Crippen LogP contribution in [0.4, 0.5) is 0 Å². The van der Waals surface area contributed by atoms with E-state index in [2.05, 4.69) is 0 Å². The summed E-state index contributed by atoms with van der Waals surface area (Å²) < 4.78 is 17.3. The Balaban J connectivity index is 1.68. The van der Waals surface area contributed by atoms with Gasteiger partial charge in [0.2, 0.25) is 0 Å². The van der Waals surface area contributed by atoms with Gasteiger partial charge < -0.3 is 14.2 Å². The molecule has 3 aliphatic carbocycles. The number of benzene rings is 1. The highest BCUT2D eigenvalue weighted by atomic mass is 16.7. The fourth-order valence-electron chi connectivity index (χ4n) is 5.69. The van der Waals surface area contributed by atoms with Gasteiger partial charge in [0.1, 0.15) is 0 Å². The molecular weight excluding hydrogens is 372 g/mol. The smallest absolute Gasteiger partial charge is 0.313 e. The van der Waals surface area contributed by atoms with Crippen molar-refractivity contribution in [1.82, 2.24) is 0 Å². The molecule has 1 aliphatic heterocycles. The second-order valence-corrected chi connectivity index (χ2v) is 8.17. The van der Waals surface area contributed by atoms with E-state index < -0.39 is 29.5 Å². The molecule has 6 nitrogen and oxygen atoms in total. The minimum absolute atomic E-state index is 0.0647.